The third-order valence-electron chi connectivity index (χ3n) is 4.89. The standard InChI is InChI=1S/C20H42/c1-6-8-12-18(3)14-10-16-20(5)17-11-15-19(4)13-9-7-2/h18-20H,6-17H2,1-5H3. The lowest BCUT2D eigenvalue weighted by molar-refractivity contribution is 0.377. The van der Waals surface area contributed by atoms with Crippen molar-refractivity contribution in [3.05, 3.63) is 0 Å². The SMILES string of the molecule is CCCCC(C)CCCC(C)CCCC(C)CCCC. The van der Waals surface area contributed by atoms with Gasteiger partial charge in [0.15, 0.2) is 0 Å². The summed E-state index contributed by atoms with van der Waals surface area (Å²) in [5, 5.41) is 0. The van der Waals surface area contributed by atoms with Gasteiger partial charge in [0, 0.05) is 0 Å². The highest BCUT2D eigenvalue weighted by Crippen LogP contribution is 2.22. The molecule has 0 aliphatic carbocycles. The molecule has 0 fully saturated rings. The third kappa shape index (κ3) is 13.0. The zero-order valence-corrected chi connectivity index (χ0v) is 15.2. The van der Waals surface area contributed by atoms with Crippen molar-refractivity contribution < 1.29 is 0 Å². The molecule has 0 rings (SSSR count). The summed E-state index contributed by atoms with van der Waals surface area (Å²) in [6, 6.07) is 0. The second-order valence-corrected chi connectivity index (χ2v) is 7.46. The van der Waals surface area contributed by atoms with Crippen molar-refractivity contribution in [3.63, 3.8) is 0 Å². The fraction of sp³-hybridized carbons (Fsp3) is 1.00. The predicted molar refractivity (Wildman–Crippen MR) is 94.2 cm³/mol. The van der Waals surface area contributed by atoms with Gasteiger partial charge in [-0.2, -0.15) is 0 Å². The molecular formula is C20H42. The van der Waals surface area contributed by atoms with E-state index in [4.69, 9.17) is 0 Å². The second kappa shape index (κ2) is 14.0. The zero-order chi connectivity index (χ0) is 15.2. The summed E-state index contributed by atoms with van der Waals surface area (Å²) in [5.41, 5.74) is 0. The van der Waals surface area contributed by atoms with Crippen LogP contribution in [0.1, 0.15) is 112 Å². The maximum atomic E-state index is 2.47. The highest BCUT2D eigenvalue weighted by molar-refractivity contribution is 4.60. The minimum Gasteiger partial charge on any atom is -0.0654 e. The van der Waals surface area contributed by atoms with Crippen LogP contribution >= 0.6 is 0 Å². The molecule has 0 spiro atoms. The molecule has 0 heterocycles. The third-order valence-corrected chi connectivity index (χ3v) is 4.89. The normalized spacial score (nSPS) is 16.1. The van der Waals surface area contributed by atoms with Crippen molar-refractivity contribution >= 4 is 0 Å². The summed E-state index contributed by atoms with van der Waals surface area (Å²) >= 11 is 0. The van der Waals surface area contributed by atoms with E-state index >= 15 is 0 Å². The van der Waals surface area contributed by atoms with Crippen LogP contribution in [-0.4, -0.2) is 0 Å². The maximum Gasteiger partial charge on any atom is -0.0443 e. The van der Waals surface area contributed by atoms with Gasteiger partial charge in [-0.15, -0.1) is 0 Å². The van der Waals surface area contributed by atoms with Crippen LogP contribution in [0, 0.1) is 17.8 Å². The summed E-state index contributed by atoms with van der Waals surface area (Å²) in [6.45, 7) is 11.9. The van der Waals surface area contributed by atoms with Gasteiger partial charge in [0.25, 0.3) is 0 Å². The number of rotatable bonds is 14. The molecule has 0 bridgehead atoms. The molecule has 0 aromatic carbocycles. The van der Waals surface area contributed by atoms with Crippen LogP contribution in [-0.2, 0) is 0 Å². The van der Waals surface area contributed by atoms with E-state index in [1.165, 1.54) is 77.0 Å². The lowest BCUT2D eigenvalue weighted by atomic mass is 9.91. The Morgan fingerprint density at radius 2 is 0.700 bits per heavy atom. The number of hydrogen-bond acceptors (Lipinski definition) is 0. The van der Waals surface area contributed by atoms with Gasteiger partial charge in [-0.05, 0) is 17.8 Å². The van der Waals surface area contributed by atoms with E-state index in [-0.39, 0.29) is 0 Å². The van der Waals surface area contributed by atoms with Crippen LogP contribution in [0.5, 0.6) is 0 Å². The Bertz CT molecular complexity index is 164. The summed E-state index contributed by atoms with van der Waals surface area (Å²) < 4.78 is 0. The molecule has 122 valence electrons. The minimum absolute atomic E-state index is 0.951. The van der Waals surface area contributed by atoms with Crippen LogP contribution in [0.15, 0.2) is 0 Å². The summed E-state index contributed by atoms with van der Waals surface area (Å²) in [5.74, 6) is 2.86. The van der Waals surface area contributed by atoms with Gasteiger partial charge in [-0.25, -0.2) is 0 Å². The Hall–Kier alpha value is 0. The monoisotopic (exact) mass is 282 g/mol. The van der Waals surface area contributed by atoms with Crippen LogP contribution in [0.3, 0.4) is 0 Å². The van der Waals surface area contributed by atoms with Gasteiger partial charge in [-0.3, -0.25) is 0 Å². The summed E-state index contributed by atoms with van der Waals surface area (Å²) in [7, 11) is 0. The molecule has 20 heavy (non-hydrogen) atoms. The van der Waals surface area contributed by atoms with E-state index in [0.717, 1.165) is 17.8 Å². The molecule has 0 nitrogen and oxygen atoms in total. The second-order valence-electron chi connectivity index (χ2n) is 7.46. The Kier molecular flexibility index (Phi) is 14.0. The van der Waals surface area contributed by atoms with Crippen molar-refractivity contribution in [2.75, 3.05) is 0 Å². The van der Waals surface area contributed by atoms with E-state index < -0.39 is 0 Å². The van der Waals surface area contributed by atoms with Gasteiger partial charge in [0.05, 0.1) is 0 Å². The first-order valence-electron chi connectivity index (χ1n) is 9.60. The molecule has 0 heteroatoms. The summed E-state index contributed by atoms with van der Waals surface area (Å²) in [4.78, 5) is 0. The fourth-order valence-corrected chi connectivity index (χ4v) is 3.17. The lowest BCUT2D eigenvalue weighted by Crippen LogP contribution is -2.01. The van der Waals surface area contributed by atoms with Crippen molar-refractivity contribution in [2.45, 2.75) is 112 Å². The fourth-order valence-electron chi connectivity index (χ4n) is 3.17. The molecule has 0 saturated heterocycles. The lowest BCUT2D eigenvalue weighted by Gasteiger charge is -2.15. The topological polar surface area (TPSA) is 0 Å². The quantitative estimate of drug-likeness (QED) is 0.307. The van der Waals surface area contributed by atoms with E-state index in [2.05, 4.69) is 34.6 Å². The molecule has 0 N–H and O–H groups in total. The van der Waals surface area contributed by atoms with E-state index in [1.54, 1.807) is 0 Å². The average molecular weight is 283 g/mol. The highest BCUT2D eigenvalue weighted by Gasteiger charge is 2.07. The highest BCUT2D eigenvalue weighted by atomic mass is 14.1. The first kappa shape index (κ1) is 20.0. The molecule has 0 aliphatic heterocycles. The molecule has 2 atom stereocenters. The molecule has 0 radical (unpaired) electrons. The maximum absolute atomic E-state index is 2.47. The molecule has 0 aromatic rings. The van der Waals surface area contributed by atoms with Crippen molar-refractivity contribution in [3.8, 4) is 0 Å². The van der Waals surface area contributed by atoms with Crippen molar-refractivity contribution in [1.29, 1.82) is 0 Å². The summed E-state index contributed by atoms with van der Waals surface area (Å²) in [6.07, 6.45) is 17.2. The molecule has 0 aromatic heterocycles. The minimum atomic E-state index is 0.951. The molecule has 0 amide bonds. The van der Waals surface area contributed by atoms with Gasteiger partial charge in [0.2, 0.25) is 0 Å². The molecule has 0 saturated carbocycles. The van der Waals surface area contributed by atoms with E-state index in [0.29, 0.717) is 0 Å². The predicted octanol–water partition coefficient (Wildman–Crippen LogP) is 7.62. The van der Waals surface area contributed by atoms with Gasteiger partial charge < -0.3 is 0 Å². The van der Waals surface area contributed by atoms with E-state index in [9.17, 15) is 0 Å². The van der Waals surface area contributed by atoms with Crippen LogP contribution in [0.25, 0.3) is 0 Å². The van der Waals surface area contributed by atoms with Crippen LogP contribution in [0.2, 0.25) is 0 Å². The number of unbranched alkanes of at least 4 members (excludes halogenated alkanes) is 2. The zero-order valence-electron chi connectivity index (χ0n) is 15.2. The molecular weight excluding hydrogens is 240 g/mol. The van der Waals surface area contributed by atoms with Crippen molar-refractivity contribution in [2.24, 2.45) is 17.8 Å². The average Bonchev–Trinajstić information content (AvgIpc) is 2.42. The largest absolute Gasteiger partial charge is 0.0654 e. The van der Waals surface area contributed by atoms with Gasteiger partial charge >= 0.3 is 0 Å². The number of hydrogen-bond donors (Lipinski definition) is 0. The Morgan fingerprint density at radius 1 is 0.450 bits per heavy atom. The molecule has 2 unspecified atom stereocenters. The first-order valence-corrected chi connectivity index (χ1v) is 9.60. The van der Waals surface area contributed by atoms with Gasteiger partial charge in [-0.1, -0.05) is 112 Å². The Labute approximate surface area is 130 Å². The van der Waals surface area contributed by atoms with Crippen LogP contribution in [0.4, 0.5) is 0 Å². The Morgan fingerprint density at radius 3 is 0.950 bits per heavy atom. The Balaban J connectivity index is 3.42. The van der Waals surface area contributed by atoms with E-state index in [1.807, 2.05) is 0 Å². The smallest absolute Gasteiger partial charge is 0.0443 e. The van der Waals surface area contributed by atoms with Gasteiger partial charge in [0.1, 0.15) is 0 Å². The van der Waals surface area contributed by atoms with Crippen LogP contribution < -0.4 is 0 Å². The first-order chi connectivity index (χ1) is 9.60. The van der Waals surface area contributed by atoms with Crippen molar-refractivity contribution in [1.82, 2.24) is 0 Å². The molecule has 0 aliphatic rings.